The number of non-ortho nitro benzene ring substituents is 1. The van der Waals surface area contributed by atoms with Gasteiger partial charge in [-0.15, -0.1) is 11.3 Å². The number of benzene rings is 2. The summed E-state index contributed by atoms with van der Waals surface area (Å²) in [6.07, 6.45) is 1.59. The van der Waals surface area contributed by atoms with E-state index in [0.29, 0.717) is 24.5 Å². The molecule has 0 atom stereocenters. The molecule has 0 bridgehead atoms. The van der Waals surface area contributed by atoms with Crippen molar-refractivity contribution in [3.05, 3.63) is 86.6 Å². The fourth-order valence-electron chi connectivity index (χ4n) is 2.70. The highest BCUT2D eigenvalue weighted by molar-refractivity contribution is 7.09. The summed E-state index contributed by atoms with van der Waals surface area (Å²) in [5, 5.41) is 18.2. The molecule has 0 spiro atoms. The molecule has 29 heavy (non-hydrogen) atoms. The van der Waals surface area contributed by atoms with Crippen LogP contribution in [-0.2, 0) is 13.2 Å². The molecule has 0 N–H and O–H groups in total. The van der Waals surface area contributed by atoms with Crippen LogP contribution < -0.4 is 4.74 Å². The molecular weight excluding hydrogens is 390 g/mol. The molecule has 2 aromatic carbocycles. The van der Waals surface area contributed by atoms with Gasteiger partial charge in [0.15, 0.2) is 5.82 Å². The summed E-state index contributed by atoms with van der Waals surface area (Å²) in [5.41, 5.74) is 2.65. The highest BCUT2D eigenvalue weighted by Gasteiger charge is 2.11. The Balaban J connectivity index is 1.40. The van der Waals surface area contributed by atoms with Crippen LogP contribution in [0.2, 0.25) is 0 Å². The molecule has 0 unspecified atom stereocenters. The Morgan fingerprint density at radius 1 is 1.21 bits per heavy atom. The maximum absolute atomic E-state index is 10.9. The number of aryl methyl sites for hydroxylation is 1. The molecule has 4 aromatic rings. The molecule has 0 aliphatic heterocycles. The van der Waals surface area contributed by atoms with Crippen LogP contribution in [-0.4, -0.2) is 24.7 Å². The smallest absolute Gasteiger partial charge is 0.270 e. The van der Waals surface area contributed by atoms with E-state index >= 15 is 0 Å². The molecule has 0 saturated heterocycles. The van der Waals surface area contributed by atoms with Gasteiger partial charge in [-0.25, -0.2) is 14.6 Å². The van der Waals surface area contributed by atoms with E-state index in [1.165, 1.54) is 29.0 Å². The van der Waals surface area contributed by atoms with E-state index in [0.717, 1.165) is 16.5 Å². The predicted molar refractivity (Wildman–Crippen MR) is 109 cm³/mol. The molecule has 4 rings (SSSR count). The Kier molecular flexibility index (Phi) is 5.30. The second-order valence-corrected chi connectivity index (χ2v) is 7.35. The number of nitro groups is 1. The van der Waals surface area contributed by atoms with E-state index in [1.54, 1.807) is 23.1 Å². The lowest BCUT2D eigenvalue weighted by atomic mass is 10.2. The first-order valence-corrected chi connectivity index (χ1v) is 9.72. The zero-order valence-electron chi connectivity index (χ0n) is 15.6. The Labute approximate surface area is 170 Å². The van der Waals surface area contributed by atoms with Gasteiger partial charge in [-0.3, -0.25) is 10.1 Å². The van der Waals surface area contributed by atoms with Crippen molar-refractivity contribution in [2.24, 2.45) is 0 Å². The molecule has 0 aliphatic rings. The summed E-state index contributed by atoms with van der Waals surface area (Å²) in [6.45, 7) is 2.90. The van der Waals surface area contributed by atoms with Crippen molar-refractivity contribution in [1.29, 1.82) is 0 Å². The van der Waals surface area contributed by atoms with Crippen LogP contribution in [0.4, 0.5) is 5.69 Å². The van der Waals surface area contributed by atoms with E-state index in [2.05, 4.69) is 15.1 Å². The third-order valence-corrected chi connectivity index (χ3v) is 5.03. The third kappa shape index (κ3) is 4.64. The van der Waals surface area contributed by atoms with E-state index < -0.39 is 4.92 Å². The molecule has 0 aliphatic carbocycles. The Bertz CT molecular complexity index is 1140. The summed E-state index contributed by atoms with van der Waals surface area (Å²) in [7, 11) is 0. The SMILES string of the molecule is Cc1ccc(OCc2nc(Cn3cnc(-c4cccc([N+](=O)[O-])c4)n3)cs2)cc1. The Morgan fingerprint density at radius 2 is 2.03 bits per heavy atom. The molecule has 0 radical (unpaired) electrons. The minimum Gasteiger partial charge on any atom is -0.486 e. The third-order valence-electron chi connectivity index (χ3n) is 4.16. The Morgan fingerprint density at radius 3 is 2.83 bits per heavy atom. The van der Waals surface area contributed by atoms with Gasteiger partial charge < -0.3 is 4.74 Å². The first-order valence-electron chi connectivity index (χ1n) is 8.84. The van der Waals surface area contributed by atoms with Crippen molar-refractivity contribution < 1.29 is 9.66 Å². The zero-order chi connectivity index (χ0) is 20.2. The largest absolute Gasteiger partial charge is 0.486 e. The average molecular weight is 407 g/mol. The van der Waals surface area contributed by atoms with E-state index in [-0.39, 0.29) is 5.69 Å². The Hall–Kier alpha value is -3.59. The van der Waals surface area contributed by atoms with Gasteiger partial charge in [0, 0.05) is 23.1 Å². The van der Waals surface area contributed by atoms with Crippen LogP contribution in [0, 0.1) is 17.0 Å². The first-order chi connectivity index (χ1) is 14.1. The summed E-state index contributed by atoms with van der Waals surface area (Å²) in [4.78, 5) is 19.3. The molecule has 0 saturated carbocycles. The van der Waals surface area contributed by atoms with Crippen molar-refractivity contribution in [1.82, 2.24) is 19.7 Å². The summed E-state index contributed by atoms with van der Waals surface area (Å²) < 4.78 is 7.42. The van der Waals surface area contributed by atoms with Gasteiger partial charge in [0.25, 0.3) is 5.69 Å². The second kappa shape index (κ2) is 8.19. The number of hydrogen-bond donors (Lipinski definition) is 0. The summed E-state index contributed by atoms with van der Waals surface area (Å²) in [5.74, 6) is 1.25. The van der Waals surface area contributed by atoms with Crippen LogP contribution >= 0.6 is 11.3 Å². The van der Waals surface area contributed by atoms with Crippen molar-refractivity contribution in [2.45, 2.75) is 20.1 Å². The number of thiazole rings is 1. The van der Waals surface area contributed by atoms with Gasteiger partial charge in [0.2, 0.25) is 0 Å². The van der Waals surface area contributed by atoms with Crippen LogP contribution in [0.1, 0.15) is 16.3 Å². The van der Waals surface area contributed by atoms with Crippen LogP contribution in [0.3, 0.4) is 0 Å². The fourth-order valence-corrected chi connectivity index (χ4v) is 3.39. The number of aromatic nitrogens is 4. The lowest BCUT2D eigenvalue weighted by molar-refractivity contribution is -0.384. The quantitative estimate of drug-likeness (QED) is 0.336. The lowest BCUT2D eigenvalue weighted by Gasteiger charge is -2.03. The fraction of sp³-hybridized carbons (Fsp3) is 0.150. The van der Waals surface area contributed by atoms with Crippen LogP contribution in [0.25, 0.3) is 11.4 Å². The molecule has 0 amide bonds. The van der Waals surface area contributed by atoms with Gasteiger partial charge in [0.05, 0.1) is 17.2 Å². The van der Waals surface area contributed by atoms with Gasteiger partial charge >= 0.3 is 0 Å². The van der Waals surface area contributed by atoms with E-state index in [9.17, 15) is 10.1 Å². The number of rotatable bonds is 7. The minimum absolute atomic E-state index is 0.0107. The van der Waals surface area contributed by atoms with Crippen molar-refractivity contribution in [3.8, 4) is 17.1 Å². The van der Waals surface area contributed by atoms with Gasteiger partial charge in [-0.05, 0) is 19.1 Å². The van der Waals surface area contributed by atoms with Crippen molar-refractivity contribution in [3.63, 3.8) is 0 Å². The van der Waals surface area contributed by atoms with Gasteiger partial charge in [0.1, 0.15) is 23.7 Å². The summed E-state index contributed by atoms with van der Waals surface area (Å²) in [6, 6.07) is 14.2. The molecule has 146 valence electrons. The predicted octanol–water partition coefficient (Wildman–Crippen LogP) is 4.25. The van der Waals surface area contributed by atoms with E-state index in [1.807, 2.05) is 36.6 Å². The number of nitro benzene ring substituents is 1. The monoisotopic (exact) mass is 407 g/mol. The molecule has 8 nitrogen and oxygen atoms in total. The maximum atomic E-state index is 10.9. The second-order valence-electron chi connectivity index (χ2n) is 6.41. The highest BCUT2D eigenvalue weighted by atomic mass is 32.1. The standard InChI is InChI=1S/C20H17N5O3S/c1-14-5-7-18(8-6-14)28-11-19-22-16(12-29-19)10-24-13-21-20(23-24)15-3-2-4-17(9-15)25(26)27/h2-9,12-13H,10-11H2,1H3. The van der Waals surface area contributed by atoms with Gasteiger partial charge in [-0.1, -0.05) is 29.8 Å². The highest BCUT2D eigenvalue weighted by Crippen LogP contribution is 2.21. The minimum atomic E-state index is -0.435. The zero-order valence-corrected chi connectivity index (χ0v) is 16.4. The molecule has 9 heteroatoms. The molecular formula is C20H17N5O3S. The lowest BCUT2D eigenvalue weighted by Crippen LogP contribution is -2.02. The van der Waals surface area contributed by atoms with Crippen molar-refractivity contribution in [2.75, 3.05) is 0 Å². The maximum Gasteiger partial charge on any atom is 0.270 e. The number of hydrogen-bond acceptors (Lipinski definition) is 7. The van der Waals surface area contributed by atoms with E-state index in [4.69, 9.17) is 4.74 Å². The molecule has 0 fully saturated rings. The van der Waals surface area contributed by atoms with Crippen molar-refractivity contribution >= 4 is 17.0 Å². The van der Waals surface area contributed by atoms with Gasteiger partial charge in [-0.2, -0.15) is 5.10 Å². The normalized spacial score (nSPS) is 10.8. The number of ether oxygens (including phenoxy) is 1. The average Bonchev–Trinajstić information content (AvgIpc) is 3.38. The van der Waals surface area contributed by atoms with Crippen LogP contribution in [0.5, 0.6) is 5.75 Å². The first kappa shape index (κ1) is 18.8. The summed E-state index contributed by atoms with van der Waals surface area (Å²) >= 11 is 1.53. The molecule has 2 aromatic heterocycles. The topological polar surface area (TPSA) is 96.0 Å². The number of nitrogens with zero attached hydrogens (tertiary/aromatic N) is 5. The van der Waals surface area contributed by atoms with Crippen LogP contribution in [0.15, 0.2) is 60.2 Å². The molecule has 2 heterocycles.